The van der Waals surface area contributed by atoms with Crippen molar-refractivity contribution in [3.63, 3.8) is 0 Å². The van der Waals surface area contributed by atoms with E-state index in [1.54, 1.807) is 12.1 Å². The standard InChI is InChI=1S/C14H10BrCl2NO2/c15-11-4-2-1-3-9(11)10(14(19)20)5-8-7-18-13(17)6-12(8)16/h1-4,6-7,10H,5H2,(H,19,20). The average Bonchev–Trinajstić information content (AvgIpc) is 2.39. The lowest BCUT2D eigenvalue weighted by Gasteiger charge is -2.15. The molecule has 3 nitrogen and oxygen atoms in total. The Bertz CT molecular complexity index is 649. The Morgan fingerprint density at radius 2 is 2.05 bits per heavy atom. The number of benzene rings is 1. The molecule has 0 amide bonds. The molecule has 0 fully saturated rings. The van der Waals surface area contributed by atoms with Crippen molar-refractivity contribution < 1.29 is 9.90 Å². The molecule has 104 valence electrons. The van der Waals surface area contributed by atoms with Crippen LogP contribution in [0.4, 0.5) is 0 Å². The van der Waals surface area contributed by atoms with E-state index >= 15 is 0 Å². The van der Waals surface area contributed by atoms with Gasteiger partial charge in [0.05, 0.1) is 5.92 Å². The first-order chi connectivity index (χ1) is 9.49. The minimum absolute atomic E-state index is 0.251. The molecule has 1 unspecified atom stereocenters. The van der Waals surface area contributed by atoms with E-state index in [0.29, 0.717) is 16.1 Å². The Labute approximate surface area is 134 Å². The van der Waals surface area contributed by atoms with Crippen molar-refractivity contribution in [3.05, 3.63) is 62.3 Å². The number of pyridine rings is 1. The zero-order valence-electron chi connectivity index (χ0n) is 10.2. The third-order valence-corrected chi connectivity index (χ3v) is 4.18. The van der Waals surface area contributed by atoms with E-state index in [1.807, 2.05) is 12.1 Å². The number of carbonyl (C=O) groups is 1. The highest BCUT2D eigenvalue weighted by atomic mass is 79.9. The molecule has 0 spiro atoms. The molecule has 1 atom stereocenters. The van der Waals surface area contributed by atoms with E-state index in [1.165, 1.54) is 12.3 Å². The molecule has 0 aliphatic rings. The van der Waals surface area contributed by atoms with Crippen LogP contribution in [0.5, 0.6) is 0 Å². The van der Waals surface area contributed by atoms with Crippen molar-refractivity contribution in [1.82, 2.24) is 4.98 Å². The van der Waals surface area contributed by atoms with Crippen molar-refractivity contribution in [3.8, 4) is 0 Å². The fourth-order valence-corrected chi connectivity index (χ4v) is 2.90. The van der Waals surface area contributed by atoms with Gasteiger partial charge in [-0.3, -0.25) is 4.79 Å². The molecule has 0 bridgehead atoms. The Morgan fingerprint density at radius 3 is 2.65 bits per heavy atom. The summed E-state index contributed by atoms with van der Waals surface area (Å²) in [6.45, 7) is 0. The Morgan fingerprint density at radius 1 is 1.35 bits per heavy atom. The molecule has 6 heteroatoms. The zero-order chi connectivity index (χ0) is 14.7. The van der Waals surface area contributed by atoms with E-state index < -0.39 is 11.9 Å². The Kier molecular flexibility index (Phi) is 5.02. The first-order valence-electron chi connectivity index (χ1n) is 5.76. The lowest BCUT2D eigenvalue weighted by Crippen LogP contribution is -2.15. The number of aromatic nitrogens is 1. The molecular formula is C14H10BrCl2NO2. The molecule has 0 aliphatic heterocycles. The summed E-state index contributed by atoms with van der Waals surface area (Å²) >= 11 is 15.2. The van der Waals surface area contributed by atoms with Crippen molar-refractivity contribution in [2.45, 2.75) is 12.3 Å². The molecule has 0 saturated carbocycles. The van der Waals surface area contributed by atoms with Gasteiger partial charge in [0.25, 0.3) is 0 Å². The summed E-state index contributed by atoms with van der Waals surface area (Å²) in [5, 5.41) is 10.2. The number of hydrogen-bond donors (Lipinski definition) is 1. The molecular weight excluding hydrogens is 365 g/mol. The molecule has 20 heavy (non-hydrogen) atoms. The van der Waals surface area contributed by atoms with Gasteiger partial charge in [0.1, 0.15) is 5.15 Å². The van der Waals surface area contributed by atoms with Crippen LogP contribution < -0.4 is 0 Å². The van der Waals surface area contributed by atoms with Crippen LogP contribution in [0, 0.1) is 0 Å². The molecule has 1 N–H and O–H groups in total. The van der Waals surface area contributed by atoms with E-state index in [9.17, 15) is 9.90 Å². The maximum atomic E-state index is 11.5. The average molecular weight is 375 g/mol. The second-order valence-electron chi connectivity index (χ2n) is 4.21. The summed E-state index contributed by atoms with van der Waals surface area (Å²) < 4.78 is 0.755. The van der Waals surface area contributed by atoms with Gasteiger partial charge >= 0.3 is 5.97 Å². The van der Waals surface area contributed by atoms with Crippen LogP contribution in [0.2, 0.25) is 10.2 Å². The lowest BCUT2D eigenvalue weighted by atomic mass is 9.93. The predicted molar refractivity (Wildman–Crippen MR) is 82.5 cm³/mol. The number of halogens is 3. The maximum absolute atomic E-state index is 11.5. The topological polar surface area (TPSA) is 50.2 Å². The van der Waals surface area contributed by atoms with Crippen LogP contribution in [0.1, 0.15) is 17.0 Å². The summed E-state index contributed by atoms with van der Waals surface area (Å²) in [6, 6.07) is 8.74. The van der Waals surface area contributed by atoms with E-state index in [4.69, 9.17) is 23.2 Å². The summed E-state index contributed by atoms with van der Waals surface area (Å²) in [5.74, 6) is -1.62. The van der Waals surface area contributed by atoms with Crippen molar-refractivity contribution in [1.29, 1.82) is 0 Å². The molecule has 2 aromatic rings. The Hall–Kier alpha value is -1.10. The summed E-state index contributed by atoms with van der Waals surface area (Å²) in [7, 11) is 0. The predicted octanol–water partition coefficient (Wildman–Crippen LogP) is 4.56. The second-order valence-corrected chi connectivity index (χ2v) is 5.86. The summed E-state index contributed by atoms with van der Waals surface area (Å²) in [4.78, 5) is 15.5. The fraction of sp³-hybridized carbons (Fsp3) is 0.143. The molecule has 2 rings (SSSR count). The SMILES string of the molecule is O=C(O)C(Cc1cnc(Cl)cc1Cl)c1ccccc1Br. The van der Waals surface area contributed by atoms with Crippen LogP contribution in [0.3, 0.4) is 0 Å². The van der Waals surface area contributed by atoms with Crippen LogP contribution in [0.25, 0.3) is 0 Å². The van der Waals surface area contributed by atoms with Gasteiger partial charge in [-0.15, -0.1) is 0 Å². The van der Waals surface area contributed by atoms with Crippen LogP contribution in [-0.4, -0.2) is 16.1 Å². The molecule has 0 radical (unpaired) electrons. The van der Waals surface area contributed by atoms with Crippen molar-refractivity contribution >= 4 is 45.1 Å². The van der Waals surface area contributed by atoms with Gasteiger partial charge in [-0.25, -0.2) is 4.98 Å². The lowest BCUT2D eigenvalue weighted by molar-refractivity contribution is -0.138. The van der Waals surface area contributed by atoms with E-state index in [2.05, 4.69) is 20.9 Å². The van der Waals surface area contributed by atoms with Gasteiger partial charge in [-0.2, -0.15) is 0 Å². The van der Waals surface area contributed by atoms with Gasteiger partial charge in [0.2, 0.25) is 0 Å². The summed E-state index contributed by atoms with van der Waals surface area (Å²) in [5.41, 5.74) is 1.35. The van der Waals surface area contributed by atoms with Gasteiger partial charge in [0, 0.05) is 15.7 Å². The van der Waals surface area contributed by atoms with Crippen molar-refractivity contribution in [2.24, 2.45) is 0 Å². The number of rotatable bonds is 4. The van der Waals surface area contributed by atoms with Crippen LogP contribution in [-0.2, 0) is 11.2 Å². The minimum atomic E-state index is -0.914. The van der Waals surface area contributed by atoms with Crippen LogP contribution >= 0.6 is 39.1 Å². The number of nitrogens with zero attached hydrogens (tertiary/aromatic N) is 1. The highest BCUT2D eigenvalue weighted by Crippen LogP contribution is 2.30. The summed E-state index contributed by atoms with van der Waals surface area (Å²) in [6.07, 6.45) is 1.76. The second kappa shape index (κ2) is 6.57. The third kappa shape index (κ3) is 3.51. The normalized spacial score (nSPS) is 12.2. The molecule has 0 saturated heterocycles. The molecule has 0 aliphatic carbocycles. The molecule has 1 aromatic heterocycles. The van der Waals surface area contributed by atoms with Gasteiger partial charge in [0.15, 0.2) is 0 Å². The third-order valence-electron chi connectivity index (χ3n) is 2.90. The molecule has 1 aromatic carbocycles. The first kappa shape index (κ1) is 15.3. The minimum Gasteiger partial charge on any atom is -0.481 e. The Balaban J connectivity index is 2.36. The highest BCUT2D eigenvalue weighted by molar-refractivity contribution is 9.10. The van der Waals surface area contributed by atoms with Gasteiger partial charge in [-0.1, -0.05) is 57.3 Å². The number of carboxylic acid groups (broad SMARTS) is 1. The van der Waals surface area contributed by atoms with Crippen molar-refractivity contribution in [2.75, 3.05) is 0 Å². The zero-order valence-corrected chi connectivity index (χ0v) is 13.3. The van der Waals surface area contributed by atoms with E-state index in [-0.39, 0.29) is 11.6 Å². The van der Waals surface area contributed by atoms with Gasteiger partial charge in [-0.05, 0) is 29.7 Å². The van der Waals surface area contributed by atoms with Crippen LogP contribution in [0.15, 0.2) is 41.0 Å². The van der Waals surface area contributed by atoms with Gasteiger partial charge < -0.3 is 5.11 Å². The monoisotopic (exact) mass is 373 g/mol. The largest absolute Gasteiger partial charge is 0.481 e. The number of aliphatic carboxylic acids is 1. The maximum Gasteiger partial charge on any atom is 0.311 e. The fourth-order valence-electron chi connectivity index (χ4n) is 1.89. The number of carboxylic acids is 1. The number of hydrogen-bond acceptors (Lipinski definition) is 2. The smallest absolute Gasteiger partial charge is 0.311 e. The first-order valence-corrected chi connectivity index (χ1v) is 7.31. The highest BCUT2D eigenvalue weighted by Gasteiger charge is 2.23. The van der Waals surface area contributed by atoms with E-state index in [0.717, 1.165) is 4.47 Å². The quantitative estimate of drug-likeness (QED) is 0.798. The molecule has 1 heterocycles.